The molecule has 8 heteroatoms. The van der Waals surface area contributed by atoms with Gasteiger partial charge in [0.2, 0.25) is 0 Å². The van der Waals surface area contributed by atoms with Gasteiger partial charge < -0.3 is 0 Å². The van der Waals surface area contributed by atoms with Crippen molar-refractivity contribution in [2.45, 2.75) is 9.79 Å². The summed E-state index contributed by atoms with van der Waals surface area (Å²) < 4.78 is 40.0. The molecule has 0 saturated heterocycles. The molecule has 4 nitrogen and oxygen atoms in total. The lowest BCUT2D eigenvalue weighted by atomic mass is 10.4. The predicted molar refractivity (Wildman–Crippen MR) is 77.7 cm³/mol. The molecule has 0 spiro atoms. The van der Waals surface area contributed by atoms with Crippen molar-refractivity contribution in [1.82, 2.24) is 0 Å². The molecule has 0 amide bonds. The molecule has 1 aromatic heterocycles. The van der Waals surface area contributed by atoms with Gasteiger partial charge in [-0.25, -0.2) is 4.21 Å². The van der Waals surface area contributed by atoms with E-state index in [1.807, 2.05) is 0 Å². The molecule has 0 aliphatic rings. The maximum Gasteiger partial charge on any atom is 0.290 e. The van der Waals surface area contributed by atoms with E-state index < -0.39 is 19.8 Å². The average Bonchev–Trinajstić information content (AvgIpc) is 2.82. The van der Waals surface area contributed by atoms with Gasteiger partial charge in [0.15, 0.2) is 0 Å². The molecule has 0 aliphatic carbocycles. The summed E-state index contributed by atoms with van der Waals surface area (Å²) in [4.78, 5) is 0.386. The Hall–Kier alpha value is -0.890. The van der Waals surface area contributed by atoms with Crippen LogP contribution in [0.1, 0.15) is 0 Å². The Labute approximate surface area is 121 Å². The second-order valence-corrected chi connectivity index (χ2v) is 9.08. The first-order valence-corrected chi connectivity index (χ1v) is 9.76. The summed E-state index contributed by atoms with van der Waals surface area (Å²) in [5.74, 6) is 0. The fraction of sp³-hybridized carbons (Fsp3) is 0.0909. The third kappa shape index (κ3) is 3.36. The largest absolute Gasteiger partial charge is 0.290 e. The molecule has 0 radical (unpaired) electrons. The Bertz CT molecular complexity index is 786. The lowest BCUT2D eigenvalue weighted by Gasteiger charge is -2.03. The molecule has 19 heavy (non-hydrogen) atoms. The smallest absolute Gasteiger partial charge is 0.244 e. The van der Waals surface area contributed by atoms with Crippen LogP contribution in [0.3, 0.4) is 0 Å². The fourth-order valence-electron chi connectivity index (χ4n) is 1.35. The van der Waals surface area contributed by atoms with Crippen molar-refractivity contribution in [3.63, 3.8) is 0 Å². The van der Waals surface area contributed by atoms with Crippen molar-refractivity contribution in [3.05, 3.63) is 46.1 Å². The first-order valence-electron chi connectivity index (χ1n) is 5.07. The molecule has 1 unspecified atom stereocenters. The number of nitrogens with zero attached hydrogens (tertiary/aromatic N) is 1. The van der Waals surface area contributed by atoms with Crippen molar-refractivity contribution in [3.8, 4) is 0 Å². The molecule has 2 aromatic rings. The standard InChI is InChI=1S/C11H10ClNO3S3/c1-18(14,11-6-7-17-8-11)13-19(15,16)10-4-2-9(12)3-5-10/h2-8H,1H3. The van der Waals surface area contributed by atoms with Crippen LogP contribution in [0.5, 0.6) is 0 Å². The Morgan fingerprint density at radius 1 is 1.05 bits per heavy atom. The average molecular weight is 336 g/mol. The van der Waals surface area contributed by atoms with Gasteiger partial charge in [0, 0.05) is 16.7 Å². The summed E-state index contributed by atoms with van der Waals surface area (Å²) in [5.41, 5.74) is 0. The Balaban J connectivity index is 2.53. The van der Waals surface area contributed by atoms with E-state index in [1.54, 1.807) is 16.8 Å². The summed E-state index contributed by atoms with van der Waals surface area (Å²) >= 11 is 7.03. The van der Waals surface area contributed by atoms with E-state index in [9.17, 15) is 12.6 Å². The SMILES string of the molecule is CS(=O)(=NS(=O)(=O)c1ccc(Cl)cc1)c1ccsc1. The van der Waals surface area contributed by atoms with Crippen LogP contribution >= 0.6 is 22.9 Å². The third-order valence-corrected chi connectivity index (χ3v) is 7.29. The van der Waals surface area contributed by atoms with Gasteiger partial charge in [-0.05, 0) is 35.7 Å². The molecular formula is C11H10ClNO3S3. The van der Waals surface area contributed by atoms with Crippen molar-refractivity contribution in [1.29, 1.82) is 0 Å². The van der Waals surface area contributed by atoms with E-state index in [2.05, 4.69) is 3.77 Å². The molecule has 0 bridgehead atoms. The van der Waals surface area contributed by atoms with Crippen LogP contribution in [0.4, 0.5) is 0 Å². The van der Waals surface area contributed by atoms with Gasteiger partial charge in [-0.3, -0.25) is 0 Å². The monoisotopic (exact) mass is 335 g/mol. The Morgan fingerprint density at radius 3 is 2.21 bits per heavy atom. The first-order chi connectivity index (χ1) is 8.81. The van der Waals surface area contributed by atoms with Gasteiger partial charge >= 0.3 is 0 Å². The summed E-state index contributed by atoms with van der Waals surface area (Å²) in [6.07, 6.45) is 1.31. The van der Waals surface area contributed by atoms with Crippen molar-refractivity contribution in [2.24, 2.45) is 3.77 Å². The lowest BCUT2D eigenvalue weighted by Crippen LogP contribution is -2.03. The fourth-order valence-corrected chi connectivity index (χ4v) is 5.94. The Morgan fingerprint density at radius 2 is 1.68 bits per heavy atom. The maximum atomic E-state index is 12.3. The third-order valence-electron chi connectivity index (χ3n) is 2.28. The number of hydrogen-bond acceptors (Lipinski definition) is 4. The summed E-state index contributed by atoms with van der Waals surface area (Å²) in [5, 5.41) is 3.78. The van der Waals surface area contributed by atoms with Gasteiger partial charge in [0.05, 0.1) is 19.5 Å². The van der Waals surface area contributed by atoms with Gasteiger partial charge in [0.25, 0.3) is 10.0 Å². The lowest BCUT2D eigenvalue weighted by molar-refractivity contribution is 0.598. The van der Waals surface area contributed by atoms with Crippen LogP contribution in [0, 0.1) is 0 Å². The first kappa shape index (κ1) is 14.5. The molecular weight excluding hydrogens is 326 g/mol. The molecule has 1 heterocycles. The highest BCUT2D eigenvalue weighted by Gasteiger charge is 2.17. The zero-order valence-electron chi connectivity index (χ0n) is 9.82. The van der Waals surface area contributed by atoms with Crippen LogP contribution in [-0.2, 0) is 19.8 Å². The molecule has 0 fully saturated rings. The van der Waals surface area contributed by atoms with E-state index in [-0.39, 0.29) is 4.90 Å². The van der Waals surface area contributed by atoms with Gasteiger partial charge in [0.1, 0.15) is 0 Å². The van der Waals surface area contributed by atoms with E-state index in [4.69, 9.17) is 11.6 Å². The van der Waals surface area contributed by atoms with Crippen LogP contribution in [-0.4, -0.2) is 18.9 Å². The zero-order valence-corrected chi connectivity index (χ0v) is 13.0. The topological polar surface area (TPSA) is 63.6 Å². The Kier molecular flexibility index (Phi) is 4.00. The number of rotatable bonds is 3. The summed E-state index contributed by atoms with van der Waals surface area (Å²) in [6.45, 7) is 0. The number of sulfonamides is 1. The predicted octanol–water partition coefficient (Wildman–Crippen LogP) is 3.25. The van der Waals surface area contributed by atoms with E-state index >= 15 is 0 Å². The van der Waals surface area contributed by atoms with Crippen LogP contribution < -0.4 is 0 Å². The van der Waals surface area contributed by atoms with Gasteiger partial charge in [-0.15, -0.1) is 3.77 Å². The van der Waals surface area contributed by atoms with E-state index in [0.29, 0.717) is 9.92 Å². The molecule has 1 aromatic carbocycles. The molecule has 0 N–H and O–H groups in total. The van der Waals surface area contributed by atoms with Crippen LogP contribution in [0.2, 0.25) is 5.02 Å². The van der Waals surface area contributed by atoms with E-state index in [0.717, 1.165) is 0 Å². The van der Waals surface area contributed by atoms with E-state index in [1.165, 1.54) is 41.9 Å². The summed E-state index contributed by atoms with van der Waals surface area (Å²) in [6, 6.07) is 7.18. The summed E-state index contributed by atoms with van der Waals surface area (Å²) in [7, 11) is -6.93. The second-order valence-electron chi connectivity index (χ2n) is 3.77. The number of hydrogen-bond donors (Lipinski definition) is 0. The molecule has 0 aliphatic heterocycles. The number of thiophene rings is 1. The number of halogens is 1. The zero-order chi connectivity index (χ0) is 14.1. The van der Waals surface area contributed by atoms with Crippen LogP contribution in [0.25, 0.3) is 0 Å². The van der Waals surface area contributed by atoms with Crippen molar-refractivity contribution < 1.29 is 12.6 Å². The normalized spacial score (nSPS) is 14.8. The highest BCUT2D eigenvalue weighted by Crippen LogP contribution is 2.21. The second kappa shape index (κ2) is 5.24. The van der Waals surface area contributed by atoms with Crippen molar-refractivity contribution in [2.75, 3.05) is 6.26 Å². The molecule has 0 saturated carbocycles. The molecule has 2 rings (SSSR count). The number of benzene rings is 1. The molecule has 1 atom stereocenters. The highest BCUT2D eigenvalue weighted by atomic mass is 35.5. The van der Waals surface area contributed by atoms with Gasteiger partial charge in [-0.1, -0.05) is 11.6 Å². The minimum Gasteiger partial charge on any atom is -0.244 e. The van der Waals surface area contributed by atoms with Crippen LogP contribution in [0.15, 0.2) is 54.7 Å². The highest BCUT2D eigenvalue weighted by molar-refractivity contribution is 8.03. The quantitative estimate of drug-likeness (QED) is 0.864. The minimum atomic E-state index is -3.97. The van der Waals surface area contributed by atoms with Crippen molar-refractivity contribution >= 4 is 42.7 Å². The molecule has 102 valence electrons. The van der Waals surface area contributed by atoms with Gasteiger partial charge in [-0.2, -0.15) is 19.8 Å². The minimum absolute atomic E-state index is 0.0262. The maximum absolute atomic E-state index is 12.3.